The lowest BCUT2D eigenvalue weighted by atomic mass is 10.1. The minimum Gasteiger partial charge on any atom is -0.378 e. The number of anilines is 1. The summed E-state index contributed by atoms with van der Waals surface area (Å²) in [6, 6.07) is 7.56. The number of aromatic amines is 1. The van der Waals surface area contributed by atoms with E-state index in [0.29, 0.717) is 12.0 Å². The van der Waals surface area contributed by atoms with Crippen molar-refractivity contribution in [3.8, 4) is 0 Å². The molecule has 2 heterocycles. The third-order valence-electron chi connectivity index (χ3n) is 3.55. The normalized spacial score (nSPS) is 15.8. The molecule has 0 amide bonds. The Bertz CT molecular complexity index is 660. The monoisotopic (exact) mass is 274 g/mol. The molecule has 106 valence electrons. The van der Waals surface area contributed by atoms with Crippen molar-refractivity contribution in [3.05, 3.63) is 40.2 Å². The highest BCUT2D eigenvalue weighted by atomic mass is 16.5. The van der Waals surface area contributed by atoms with E-state index in [9.17, 15) is 4.79 Å². The Balaban J connectivity index is 2.00. The number of ether oxygens (including phenoxy) is 2. The molecule has 0 unspecified atom stereocenters. The number of benzene rings is 1. The highest BCUT2D eigenvalue weighted by Crippen LogP contribution is 2.20. The summed E-state index contributed by atoms with van der Waals surface area (Å²) in [6.07, 6.45) is 0. The SMILES string of the molecule is COCc1cc(=O)c2cc(N3CCOCC3)ccc2[nH]1. The van der Waals surface area contributed by atoms with Gasteiger partial charge in [-0.1, -0.05) is 0 Å². The fourth-order valence-corrected chi connectivity index (χ4v) is 2.54. The van der Waals surface area contributed by atoms with Crippen LogP contribution in [0.2, 0.25) is 0 Å². The largest absolute Gasteiger partial charge is 0.378 e. The van der Waals surface area contributed by atoms with Crippen molar-refractivity contribution in [1.82, 2.24) is 4.98 Å². The molecule has 1 aromatic heterocycles. The second-order valence-electron chi connectivity index (χ2n) is 4.92. The van der Waals surface area contributed by atoms with Gasteiger partial charge in [0.05, 0.1) is 19.8 Å². The van der Waals surface area contributed by atoms with Crippen LogP contribution in [0.3, 0.4) is 0 Å². The number of morpholine rings is 1. The van der Waals surface area contributed by atoms with E-state index in [1.54, 1.807) is 13.2 Å². The van der Waals surface area contributed by atoms with Crippen molar-refractivity contribution in [2.24, 2.45) is 0 Å². The van der Waals surface area contributed by atoms with E-state index in [4.69, 9.17) is 9.47 Å². The summed E-state index contributed by atoms with van der Waals surface area (Å²) < 4.78 is 10.4. The van der Waals surface area contributed by atoms with Crippen LogP contribution >= 0.6 is 0 Å². The topological polar surface area (TPSA) is 54.6 Å². The van der Waals surface area contributed by atoms with Crippen LogP contribution in [0.1, 0.15) is 5.69 Å². The average molecular weight is 274 g/mol. The molecular weight excluding hydrogens is 256 g/mol. The Morgan fingerprint density at radius 3 is 2.85 bits per heavy atom. The van der Waals surface area contributed by atoms with E-state index in [1.807, 2.05) is 18.2 Å². The highest BCUT2D eigenvalue weighted by Gasteiger charge is 2.12. The molecule has 5 heteroatoms. The molecule has 0 spiro atoms. The quantitative estimate of drug-likeness (QED) is 0.922. The molecule has 0 bridgehead atoms. The van der Waals surface area contributed by atoms with Gasteiger partial charge in [0, 0.05) is 48.5 Å². The lowest BCUT2D eigenvalue weighted by Gasteiger charge is -2.29. The predicted molar refractivity (Wildman–Crippen MR) is 78.3 cm³/mol. The number of pyridine rings is 1. The summed E-state index contributed by atoms with van der Waals surface area (Å²) in [4.78, 5) is 17.7. The van der Waals surface area contributed by atoms with Crippen molar-refractivity contribution < 1.29 is 9.47 Å². The molecule has 1 saturated heterocycles. The number of nitrogens with zero attached hydrogens (tertiary/aromatic N) is 1. The standard InChI is InChI=1S/C15H18N2O3/c1-19-10-11-8-15(18)13-9-12(2-3-14(13)16-11)17-4-6-20-7-5-17/h2-3,8-9H,4-7,10H2,1H3,(H,16,18). The van der Waals surface area contributed by atoms with E-state index in [1.165, 1.54) is 0 Å². The van der Waals surface area contributed by atoms with Crippen LogP contribution in [0, 0.1) is 0 Å². The highest BCUT2D eigenvalue weighted by molar-refractivity contribution is 5.82. The second-order valence-corrected chi connectivity index (χ2v) is 4.92. The summed E-state index contributed by atoms with van der Waals surface area (Å²) in [5.74, 6) is 0. The Kier molecular flexibility index (Phi) is 3.71. The minimum absolute atomic E-state index is 0.0286. The van der Waals surface area contributed by atoms with Gasteiger partial charge in [0.25, 0.3) is 0 Å². The van der Waals surface area contributed by atoms with Crippen molar-refractivity contribution in [2.45, 2.75) is 6.61 Å². The zero-order valence-electron chi connectivity index (χ0n) is 11.5. The van der Waals surface area contributed by atoms with Crippen LogP contribution in [0.4, 0.5) is 5.69 Å². The van der Waals surface area contributed by atoms with Crippen molar-refractivity contribution in [1.29, 1.82) is 0 Å². The molecule has 0 radical (unpaired) electrons. The number of nitrogens with one attached hydrogen (secondary N) is 1. The summed E-state index contributed by atoms with van der Waals surface area (Å²) >= 11 is 0. The van der Waals surface area contributed by atoms with Crippen LogP contribution in [-0.2, 0) is 16.1 Å². The van der Waals surface area contributed by atoms with Gasteiger partial charge in [0.1, 0.15) is 0 Å². The van der Waals surface area contributed by atoms with Crippen LogP contribution in [-0.4, -0.2) is 38.4 Å². The zero-order valence-corrected chi connectivity index (χ0v) is 11.5. The molecule has 2 aromatic rings. The van der Waals surface area contributed by atoms with Crippen LogP contribution < -0.4 is 10.3 Å². The van der Waals surface area contributed by atoms with Crippen LogP contribution in [0.15, 0.2) is 29.1 Å². The fourth-order valence-electron chi connectivity index (χ4n) is 2.54. The van der Waals surface area contributed by atoms with Crippen LogP contribution in [0.25, 0.3) is 10.9 Å². The zero-order chi connectivity index (χ0) is 13.9. The number of rotatable bonds is 3. The van der Waals surface area contributed by atoms with Gasteiger partial charge in [0.2, 0.25) is 0 Å². The number of methoxy groups -OCH3 is 1. The van der Waals surface area contributed by atoms with Crippen molar-refractivity contribution >= 4 is 16.6 Å². The van der Waals surface area contributed by atoms with E-state index in [0.717, 1.165) is 43.2 Å². The predicted octanol–water partition coefficient (Wildman–Crippen LogP) is 1.51. The molecule has 1 aromatic carbocycles. The maximum Gasteiger partial charge on any atom is 0.189 e. The first-order valence-corrected chi connectivity index (χ1v) is 6.75. The van der Waals surface area contributed by atoms with Gasteiger partial charge in [-0.3, -0.25) is 4.79 Å². The molecule has 1 aliphatic heterocycles. The third kappa shape index (κ3) is 2.55. The lowest BCUT2D eigenvalue weighted by molar-refractivity contribution is 0.122. The molecule has 3 rings (SSSR count). The Morgan fingerprint density at radius 2 is 2.10 bits per heavy atom. The molecule has 0 aliphatic carbocycles. The maximum atomic E-state index is 12.2. The van der Waals surface area contributed by atoms with E-state index in [-0.39, 0.29) is 5.43 Å². The Labute approximate surface area is 117 Å². The van der Waals surface area contributed by atoms with Crippen molar-refractivity contribution in [2.75, 3.05) is 38.3 Å². The first kappa shape index (κ1) is 13.1. The number of hydrogen-bond donors (Lipinski definition) is 1. The molecule has 1 N–H and O–H groups in total. The van der Waals surface area contributed by atoms with Crippen LogP contribution in [0.5, 0.6) is 0 Å². The average Bonchev–Trinajstić information content (AvgIpc) is 2.48. The van der Waals surface area contributed by atoms with Gasteiger partial charge in [-0.2, -0.15) is 0 Å². The summed E-state index contributed by atoms with van der Waals surface area (Å²) in [6.45, 7) is 3.62. The number of H-pyrrole nitrogens is 1. The van der Waals surface area contributed by atoms with Gasteiger partial charge in [-0.25, -0.2) is 0 Å². The third-order valence-corrected chi connectivity index (χ3v) is 3.55. The minimum atomic E-state index is 0.0286. The summed E-state index contributed by atoms with van der Waals surface area (Å²) in [5, 5.41) is 0.717. The molecule has 0 atom stereocenters. The first-order valence-electron chi connectivity index (χ1n) is 6.75. The smallest absolute Gasteiger partial charge is 0.189 e. The van der Waals surface area contributed by atoms with Gasteiger partial charge < -0.3 is 19.4 Å². The van der Waals surface area contributed by atoms with E-state index >= 15 is 0 Å². The number of fused-ring (bicyclic) bond motifs is 1. The van der Waals surface area contributed by atoms with Crippen molar-refractivity contribution in [3.63, 3.8) is 0 Å². The lowest BCUT2D eigenvalue weighted by Crippen LogP contribution is -2.36. The molecule has 0 saturated carbocycles. The maximum absolute atomic E-state index is 12.2. The second kappa shape index (κ2) is 5.64. The van der Waals surface area contributed by atoms with E-state index in [2.05, 4.69) is 9.88 Å². The molecule has 1 fully saturated rings. The van der Waals surface area contributed by atoms with Gasteiger partial charge in [0.15, 0.2) is 5.43 Å². The van der Waals surface area contributed by atoms with Gasteiger partial charge in [-0.15, -0.1) is 0 Å². The Hall–Kier alpha value is -1.85. The van der Waals surface area contributed by atoms with E-state index < -0.39 is 0 Å². The van der Waals surface area contributed by atoms with Gasteiger partial charge in [-0.05, 0) is 18.2 Å². The summed E-state index contributed by atoms with van der Waals surface area (Å²) in [5.41, 5.74) is 2.75. The fraction of sp³-hybridized carbons (Fsp3) is 0.400. The molecular formula is C15H18N2O3. The Morgan fingerprint density at radius 1 is 1.30 bits per heavy atom. The molecule has 20 heavy (non-hydrogen) atoms. The summed E-state index contributed by atoms with van der Waals surface area (Å²) in [7, 11) is 1.62. The van der Waals surface area contributed by atoms with Gasteiger partial charge >= 0.3 is 0 Å². The molecule has 1 aliphatic rings. The molecule has 5 nitrogen and oxygen atoms in total. The number of hydrogen-bond acceptors (Lipinski definition) is 4. The first-order chi connectivity index (χ1) is 9.78. The number of aromatic nitrogens is 1.